The lowest BCUT2D eigenvalue weighted by molar-refractivity contribution is 0.458. The summed E-state index contributed by atoms with van der Waals surface area (Å²) in [6.45, 7) is 6.65. The van der Waals surface area contributed by atoms with Crippen LogP contribution in [-0.4, -0.2) is 27.3 Å². The molecule has 0 aromatic heterocycles. The highest BCUT2D eigenvalue weighted by molar-refractivity contribution is 7.89. The molecule has 0 atom stereocenters. The van der Waals surface area contributed by atoms with Gasteiger partial charge in [0, 0.05) is 6.54 Å². The third-order valence-electron chi connectivity index (χ3n) is 1.33. The van der Waals surface area contributed by atoms with Gasteiger partial charge >= 0.3 is 0 Å². The van der Waals surface area contributed by atoms with Crippen molar-refractivity contribution in [1.82, 2.24) is 4.72 Å². The standard InChI is InChI=1S/C8H20N2O2S/c1-8(2,3)7-13(11,12)10-6-4-5-9/h10H,4-7,9H2,1-3H3. The average molecular weight is 208 g/mol. The Hall–Kier alpha value is -0.130. The second-order valence-corrected chi connectivity index (χ2v) is 6.16. The van der Waals surface area contributed by atoms with Gasteiger partial charge in [-0.15, -0.1) is 0 Å². The predicted octanol–water partition coefficient (Wildman–Crippen LogP) is 0.301. The lowest BCUT2D eigenvalue weighted by Gasteiger charge is -2.18. The molecule has 0 aromatic carbocycles. The maximum absolute atomic E-state index is 11.4. The minimum absolute atomic E-state index is 0.157. The Labute approximate surface area is 80.9 Å². The van der Waals surface area contributed by atoms with Crippen LogP contribution in [0.25, 0.3) is 0 Å². The highest BCUT2D eigenvalue weighted by Gasteiger charge is 2.20. The summed E-state index contributed by atoms with van der Waals surface area (Å²) in [6, 6.07) is 0. The maximum Gasteiger partial charge on any atom is 0.212 e. The van der Waals surface area contributed by atoms with Gasteiger partial charge in [-0.05, 0) is 18.4 Å². The van der Waals surface area contributed by atoms with E-state index in [0.29, 0.717) is 19.5 Å². The fraction of sp³-hybridized carbons (Fsp3) is 1.00. The Morgan fingerprint density at radius 1 is 1.31 bits per heavy atom. The Bertz CT molecular complexity index is 229. The van der Waals surface area contributed by atoms with Gasteiger partial charge in [-0.2, -0.15) is 0 Å². The first-order chi connectivity index (χ1) is 5.77. The molecule has 3 N–H and O–H groups in total. The van der Waals surface area contributed by atoms with Crippen molar-refractivity contribution in [3.8, 4) is 0 Å². The molecule has 80 valence electrons. The Morgan fingerprint density at radius 2 is 1.85 bits per heavy atom. The minimum Gasteiger partial charge on any atom is -0.330 e. The van der Waals surface area contributed by atoms with Crippen LogP contribution in [-0.2, 0) is 10.0 Å². The van der Waals surface area contributed by atoms with E-state index in [1.807, 2.05) is 20.8 Å². The summed E-state index contributed by atoms with van der Waals surface area (Å²) in [7, 11) is -3.12. The van der Waals surface area contributed by atoms with E-state index < -0.39 is 10.0 Å². The van der Waals surface area contributed by atoms with Crippen molar-refractivity contribution in [1.29, 1.82) is 0 Å². The molecule has 0 aliphatic rings. The number of nitrogens with two attached hydrogens (primary N) is 1. The molecule has 0 aromatic rings. The minimum atomic E-state index is -3.12. The molecule has 0 saturated carbocycles. The number of sulfonamides is 1. The zero-order valence-corrected chi connectivity index (χ0v) is 9.45. The van der Waals surface area contributed by atoms with Crippen LogP contribution < -0.4 is 10.5 Å². The molecule has 4 nitrogen and oxygen atoms in total. The fourth-order valence-electron chi connectivity index (χ4n) is 0.951. The first-order valence-corrected chi connectivity index (χ1v) is 6.09. The van der Waals surface area contributed by atoms with Crippen LogP contribution >= 0.6 is 0 Å². The second-order valence-electron chi connectivity index (χ2n) is 4.36. The zero-order chi connectivity index (χ0) is 10.5. The molecule has 0 saturated heterocycles. The monoisotopic (exact) mass is 208 g/mol. The highest BCUT2D eigenvalue weighted by atomic mass is 32.2. The molecule has 0 rings (SSSR count). The first-order valence-electron chi connectivity index (χ1n) is 4.44. The topological polar surface area (TPSA) is 72.2 Å². The third-order valence-corrected chi connectivity index (χ3v) is 3.22. The largest absolute Gasteiger partial charge is 0.330 e. The van der Waals surface area contributed by atoms with Gasteiger partial charge < -0.3 is 5.73 Å². The second kappa shape index (κ2) is 4.93. The van der Waals surface area contributed by atoms with Gasteiger partial charge in [0.05, 0.1) is 5.75 Å². The van der Waals surface area contributed by atoms with Crippen LogP contribution in [0.15, 0.2) is 0 Å². The van der Waals surface area contributed by atoms with E-state index in [9.17, 15) is 8.42 Å². The van der Waals surface area contributed by atoms with Crippen LogP contribution in [0, 0.1) is 5.41 Å². The molecule has 0 fully saturated rings. The fourth-order valence-corrected chi connectivity index (χ4v) is 2.65. The Morgan fingerprint density at radius 3 is 2.23 bits per heavy atom. The van der Waals surface area contributed by atoms with Crippen molar-refractivity contribution in [2.24, 2.45) is 11.1 Å². The molecule has 0 radical (unpaired) electrons. The van der Waals surface area contributed by atoms with Crippen molar-refractivity contribution in [3.05, 3.63) is 0 Å². The number of hydrogen-bond donors (Lipinski definition) is 2. The smallest absolute Gasteiger partial charge is 0.212 e. The number of hydrogen-bond acceptors (Lipinski definition) is 3. The third kappa shape index (κ3) is 8.21. The summed E-state index contributed by atoms with van der Waals surface area (Å²) in [5, 5.41) is 0. The van der Waals surface area contributed by atoms with E-state index in [1.165, 1.54) is 0 Å². The van der Waals surface area contributed by atoms with Crippen molar-refractivity contribution >= 4 is 10.0 Å². The van der Waals surface area contributed by atoms with Crippen molar-refractivity contribution in [2.75, 3.05) is 18.8 Å². The molecule has 0 aliphatic heterocycles. The lowest BCUT2D eigenvalue weighted by Crippen LogP contribution is -2.33. The Balaban J connectivity index is 3.96. The quantitative estimate of drug-likeness (QED) is 0.638. The summed E-state index contributed by atoms with van der Waals surface area (Å²) in [4.78, 5) is 0. The van der Waals surface area contributed by atoms with Gasteiger partial charge in [-0.1, -0.05) is 20.8 Å². The van der Waals surface area contributed by atoms with Crippen LogP contribution in [0.3, 0.4) is 0 Å². The lowest BCUT2D eigenvalue weighted by atomic mass is 10.0. The van der Waals surface area contributed by atoms with Crippen molar-refractivity contribution in [2.45, 2.75) is 27.2 Å². The summed E-state index contributed by atoms with van der Waals surface area (Å²) in [5.74, 6) is 0.157. The van der Waals surface area contributed by atoms with Gasteiger partial charge in [0.1, 0.15) is 0 Å². The highest BCUT2D eigenvalue weighted by Crippen LogP contribution is 2.14. The van der Waals surface area contributed by atoms with E-state index in [1.54, 1.807) is 0 Å². The molecule has 13 heavy (non-hydrogen) atoms. The van der Waals surface area contributed by atoms with Gasteiger partial charge in [0.15, 0.2) is 0 Å². The molecule has 0 bridgehead atoms. The van der Waals surface area contributed by atoms with Gasteiger partial charge in [0.25, 0.3) is 0 Å². The van der Waals surface area contributed by atoms with Gasteiger partial charge in [-0.3, -0.25) is 0 Å². The predicted molar refractivity (Wildman–Crippen MR) is 54.9 cm³/mol. The SMILES string of the molecule is CC(C)(C)CS(=O)(=O)NCCCN. The molecule has 0 unspecified atom stereocenters. The Kier molecular flexibility index (Phi) is 4.88. The normalized spacial score (nSPS) is 13.2. The van der Waals surface area contributed by atoms with E-state index in [-0.39, 0.29) is 11.2 Å². The van der Waals surface area contributed by atoms with Crippen molar-refractivity contribution < 1.29 is 8.42 Å². The number of nitrogens with one attached hydrogen (secondary N) is 1. The van der Waals surface area contributed by atoms with Gasteiger partial charge in [-0.25, -0.2) is 13.1 Å². The summed E-state index contributed by atoms with van der Waals surface area (Å²) in [5.41, 5.74) is 5.05. The summed E-state index contributed by atoms with van der Waals surface area (Å²) in [6.07, 6.45) is 0.684. The summed E-state index contributed by atoms with van der Waals surface area (Å²) >= 11 is 0. The molecule has 0 aliphatic carbocycles. The van der Waals surface area contributed by atoms with Gasteiger partial charge in [0.2, 0.25) is 10.0 Å². The molecule has 0 heterocycles. The first kappa shape index (κ1) is 12.9. The molecule has 5 heteroatoms. The molecule has 0 amide bonds. The van der Waals surface area contributed by atoms with Crippen LogP contribution in [0.5, 0.6) is 0 Å². The van der Waals surface area contributed by atoms with E-state index in [0.717, 1.165) is 0 Å². The van der Waals surface area contributed by atoms with Crippen LogP contribution in [0.1, 0.15) is 27.2 Å². The molecular weight excluding hydrogens is 188 g/mol. The summed E-state index contributed by atoms with van der Waals surface area (Å²) < 4.78 is 25.2. The van der Waals surface area contributed by atoms with E-state index in [4.69, 9.17) is 5.73 Å². The average Bonchev–Trinajstić information content (AvgIpc) is 1.81. The van der Waals surface area contributed by atoms with E-state index in [2.05, 4.69) is 4.72 Å². The molecule has 0 spiro atoms. The zero-order valence-electron chi connectivity index (χ0n) is 8.63. The number of rotatable bonds is 5. The van der Waals surface area contributed by atoms with E-state index >= 15 is 0 Å². The van der Waals surface area contributed by atoms with Crippen LogP contribution in [0.4, 0.5) is 0 Å². The van der Waals surface area contributed by atoms with Crippen LogP contribution in [0.2, 0.25) is 0 Å². The molecular formula is C8H20N2O2S. The van der Waals surface area contributed by atoms with Crippen molar-refractivity contribution in [3.63, 3.8) is 0 Å². The maximum atomic E-state index is 11.4.